The zero-order valence-corrected chi connectivity index (χ0v) is 23.5. The van der Waals surface area contributed by atoms with E-state index in [1.54, 1.807) is 0 Å². The Balaban J connectivity index is -0.000000202. The van der Waals surface area contributed by atoms with Crippen LogP contribution in [-0.2, 0) is 14.3 Å². The Hall–Kier alpha value is -1.14. The summed E-state index contributed by atoms with van der Waals surface area (Å²) in [4.78, 5) is 22.7. The largest absolute Gasteiger partial charge is 0.465 e. The molecule has 0 aliphatic heterocycles. The molecule has 196 valence electrons. The third kappa shape index (κ3) is 33.5. The molecule has 0 radical (unpaired) electrons. The van der Waals surface area contributed by atoms with E-state index in [0.717, 1.165) is 32.2 Å². The van der Waals surface area contributed by atoms with E-state index >= 15 is 0 Å². The number of hydrogen-bond acceptors (Lipinski definition) is 5. The monoisotopic (exact) mass is 461 g/mol. The molecule has 32 heavy (non-hydrogen) atoms. The highest BCUT2D eigenvalue weighted by Crippen LogP contribution is 2.26. The smallest absolute Gasteiger partial charge is 0.311 e. The quantitative estimate of drug-likeness (QED) is 0.331. The molecule has 5 N–H and O–H groups in total. The van der Waals surface area contributed by atoms with E-state index < -0.39 is 0 Å². The first-order valence-corrected chi connectivity index (χ1v) is 12.7. The van der Waals surface area contributed by atoms with Crippen LogP contribution in [0.3, 0.4) is 0 Å². The molecule has 0 saturated heterocycles. The van der Waals surface area contributed by atoms with Gasteiger partial charge in [0.05, 0.1) is 12.0 Å². The molecule has 0 heterocycles. The van der Waals surface area contributed by atoms with Crippen LogP contribution in [0.2, 0.25) is 0 Å². The van der Waals surface area contributed by atoms with Crippen molar-refractivity contribution in [2.75, 3.05) is 26.2 Å². The highest BCUT2D eigenvalue weighted by molar-refractivity contribution is 5.76. The van der Waals surface area contributed by atoms with E-state index in [1.807, 2.05) is 27.7 Å². The standard InChI is InChI=1S/C13H26O2.C8H18N2O.C3H9N.C2H6/c1-10(2)7-8-15-12(14)13(5,6)9-11(3)4;1-7(2)3-4-8(11)10-6-5-9;1-2-3-4;1-2/h10-11H,7-9H2,1-6H3;7H,3-6,9H2,1-2H3,(H,10,11);2-4H2,1H3;1-2H3. The Labute approximate surface area is 201 Å². The molecule has 0 aromatic heterocycles. The maximum absolute atomic E-state index is 11.8. The lowest BCUT2D eigenvalue weighted by Gasteiger charge is -2.24. The molecule has 0 rings (SSSR count). The van der Waals surface area contributed by atoms with Crippen LogP contribution in [0.4, 0.5) is 0 Å². The van der Waals surface area contributed by atoms with E-state index in [9.17, 15) is 9.59 Å². The number of carbonyl (C=O) groups is 2. The minimum absolute atomic E-state index is 0.0585. The van der Waals surface area contributed by atoms with Gasteiger partial charge in [0, 0.05) is 19.5 Å². The van der Waals surface area contributed by atoms with Crippen molar-refractivity contribution < 1.29 is 14.3 Å². The van der Waals surface area contributed by atoms with Crippen molar-refractivity contribution in [2.24, 2.45) is 34.6 Å². The van der Waals surface area contributed by atoms with Gasteiger partial charge in [0.25, 0.3) is 0 Å². The Morgan fingerprint density at radius 1 is 0.875 bits per heavy atom. The Bertz CT molecular complexity index is 407. The lowest BCUT2D eigenvalue weighted by Crippen LogP contribution is -2.28. The van der Waals surface area contributed by atoms with Crippen LogP contribution in [0.25, 0.3) is 0 Å². The van der Waals surface area contributed by atoms with Gasteiger partial charge in [-0.3, -0.25) is 9.59 Å². The summed E-state index contributed by atoms with van der Waals surface area (Å²) in [5.41, 5.74) is 9.90. The number of esters is 1. The number of carbonyl (C=O) groups excluding carboxylic acids is 2. The van der Waals surface area contributed by atoms with Crippen molar-refractivity contribution >= 4 is 11.9 Å². The second kappa shape index (κ2) is 26.1. The lowest BCUT2D eigenvalue weighted by atomic mass is 9.84. The number of ether oxygens (including phenoxy) is 1. The van der Waals surface area contributed by atoms with Crippen molar-refractivity contribution in [1.29, 1.82) is 0 Å². The maximum Gasteiger partial charge on any atom is 0.311 e. The van der Waals surface area contributed by atoms with E-state index in [0.29, 0.717) is 43.9 Å². The summed E-state index contributed by atoms with van der Waals surface area (Å²) in [7, 11) is 0. The molecule has 0 aromatic rings. The molecule has 0 atom stereocenters. The van der Waals surface area contributed by atoms with Gasteiger partial charge < -0.3 is 21.5 Å². The average molecular weight is 462 g/mol. The molecule has 0 unspecified atom stereocenters. The molecule has 0 fully saturated rings. The molecular formula is C26H59N3O3. The summed E-state index contributed by atoms with van der Waals surface area (Å²) < 4.78 is 5.28. The Morgan fingerprint density at radius 2 is 1.34 bits per heavy atom. The van der Waals surface area contributed by atoms with Crippen molar-refractivity contribution in [3.8, 4) is 0 Å². The number of hydrogen-bond donors (Lipinski definition) is 3. The summed E-state index contributed by atoms with van der Waals surface area (Å²) in [6.45, 7) is 25.2. The zero-order valence-electron chi connectivity index (χ0n) is 23.5. The van der Waals surface area contributed by atoms with Gasteiger partial charge in [0.15, 0.2) is 0 Å². The first kappa shape index (κ1) is 38.1. The van der Waals surface area contributed by atoms with Crippen molar-refractivity contribution in [3.05, 3.63) is 0 Å². The van der Waals surface area contributed by atoms with Gasteiger partial charge in [-0.1, -0.05) is 62.3 Å². The predicted octanol–water partition coefficient (Wildman–Crippen LogP) is 5.53. The van der Waals surface area contributed by atoms with E-state index in [4.69, 9.17) is 16.2 Å². The van der Waals surface area contributed by atoms with E-state index in [1.165, 1.54) is 0 Å². The van der Waals surface area contributed by atoms with Crippen molar-refractivity contribution in [1.82, 2.24) is 5.32 Å². The van der Waals surface area contributed by atoms with Crippen LogP contribution in [-0.4, -0.2) is 38.1 Å². The van der Waals surface area contributed by atoms with Gasteiger partial charge in [-0.15, -0.1) is 0 Å². The van der Waals surface area contributed by atoms with Crippen LogP contribution in [0.15, 0.2) is 0 Å². The molecule has 0 aliphatic carbocycles. The third-order valence-electron chi connectivity index (χ3n) is 4.10. The number of rotatable bonds is 12. The van der Waals surface area contributed by atoms with Crippen LogP contribution in [0.5, 0.6) is 0 Å². The summed E-state index contributed by atoms with van der Waals surface area (Å²) in [5.74, 6) is 1.77. The predicted molar refractivity (Wildman–Crippen MR) is 140 cm³/mol. The second-order valence-electron chi connectivity index (χ2n) is 9.66. The second-order valence-corrected chi connectivity index (χ2v) is 9.66. The number of nitrogens with one attached hydrogen (secondary N) is 1. The average Bonchev–Trinajstić information content (AvgIpc) is 2.71. The molecule has 0 saturated carbocycles. The highest BCUT2D eigenvalue weighted by Gasteiger charge is 2.29. The summed E-state index contributed by atoms with van der Waals surface area (Å²) >= 11 is 0. The van der Waals surface area contributed by atoms with Crippen molar-refractivity contribution in [2.45, 2.75) is 108 Å². The summed E-state index contributed by atoms with van der Waals surface area (Å²) in [6.07, 6.45) is 4.51. The van der Waals surface area contributed by atoms with Gasteiger partial charge in [0.1, 0.15) is 0 Å². The van der Waals surface area contributed by atoms with E-state index in [2.05, 4.69) is 53.8 Å². The molecular weight excluding hydrogens is 402 g/mol. The minimum Gasteiger partial charge on any atom is -0.465 e. The Morgan fingerprint density at radius 3 is 1.69 bits per heavy atom. The Kier molecular flexibility index (Phi) is 31.1. The van der Waals surface area contributed by atoms with Crippen LogP contribution in [0.1, 0.15) is 108 Å². The molecule has 6 heteroatoms. The third-order valence-corrected chi connectivity index (χ3v) is 4.10. The fourth-order valence-electron chi connectivity index (χ4n) is 2.41. The highest BCUT2D eigenvalue weighted by atomic mass is 16.5. The maximum atomic E-state index is 11.8. The van der Waals surface area contributed by atoms with Crippen molar-refractivity contribution in [3.63, 3.8) is 0 Å². The molecule has 6 nitrogen and oxygen atoms in total. The first-order valence-electron chi connectivity index (χ1n) is 12.7. The van der Waals surface area contributed by atoms with Gasteiger partial charge in [-0.2, -0.15) is 0 Å². The number of amides is 1. The van der Waals surface area contributed by atoms with Crippen LogP contribution < -0.4 is 16.8 Å². The van der Waals surface area contributed by atoms with Gasteiger partial charge in [-0.05, 0) is 63.8 Å². The first-order chi connectivity index (χ1) is 14.8. The SMILES string of the molecule is CC.CC(C)CCC(=O)NCCN.CC(C)CCOC(=O)C(C)(C)CC(C)C.CCCN. The van der Waals surface area contributed by atoms with E-state index in [-0.39, 0.29) is 17.3 Å². The van der Waals surface area contributed by atoms with Crippen LogP contribution >= 0.6 is 0 Å². The van der Waals surface area contributed by atoms with Gasteiger partial charge in [0.2, 0.25) is 5.91 Å². The molecule has 0 spiro atoms. The summed E-state index contributed by atoms with van der Waals surface area (Å²) in [6, 6.07) is 0. The molecule has 0 aromatic carbocycles. The normalized spacial score (nSPS) is 10.4. The van der Waals surface area contributed by atoms with Gasteiger partial charge >= 0.3 is 5.97 Å². The van der Waals surface area contributed by atoms with Gasteiger partial charge in [-0.25, -0.2) is 0 Å². The lowest BCUT2D eigenvalue weighted by molar-refractivity contribution is -0.155. The fraction of sp³-hybridized carbons (Fsp3) is 0.923. The zero-order chi connectivity index (χ0) is 26.2. The minimum atomic E-state index is -0.342. The van der Waals surface area contributed by atoms with Crippen LogP contribution in [0, 0.1) is 23.2 Å². The fourth-order valence-corrected chi connectivity index (χ4v) is 2.41. The number of nitrogens with two attached hydrogens (primary N) is 2. The molecule has 0 bridgehead atoms. The summed E-state index contributed by atoms with van der Waals surface area (Å²) in [5, 5.41) is 2.72. The molecule has 0 aliphatic rings. The molecule has 1 amide bonds. The topological polar surface area (TPSA) is 107 Å².